The molecule has 1 aliphatic rings. The van der Waals surface area contributed by atoms with Gasteiger partial charge in [-0.2, -0.15) is 0 Å². The third-order valence-corrected chi connectivity index (χ3v) is 4.59. The molecule has 104 valence electrons. The van der Waals surface area contributed by atoms with Crippen LogP contribution in [-0.2, 0) is 0 Å². The molecule has 1 aromatic rings. The largest absolute Gasteiger partial charge is 0.351 e. The summed E-state index contributed by atoms with van der Waals surface area (Å²) in [4.78, 5) is 12.1. The highest BCUT2D eigenvalue weighted by Crippen LogP contribution is 2.35. The minimum Gasteiger partial charge on any atom is -0.351 e. The summed E-state index contributed by atoms with van der Waals surface area (Å²) in [5.74, 6) is -0.822. The molecule has 0 aromatic heterocycles. The van der Waals surface area contributed by atoms with Crippen molar-refractivity contribution >= 4 is 21.8 Å². The Labute approximate surface area is 121 Å². The van der Waals surface area contributed by atoms with Crippen molar-refractivity contribution in [3.8, 4) is 0 Å². The fraction of sp³-hybridized carbons (Fsp3) is 0.533. The van der Waals surface area contributed by atoms with Crippen LogP contribution in [-0.4, -0.2) is 12.5 Å². The van der Waals surface area contributed by atoms with E-state index in [1.165, 1.54) is 25.3 Å². The van der Waals surface area contributed by atoms with Gasteiger partial charge in [-0.15, -0.1) is 0 Å². The number of hydrogen-bond acceptors (Lipinski definition) is 1. The number of hydrogen-bond donors (Lipinski definition) is 1. The molecule has 1 aromatic carbocycles. The van der Waals surface area contributed by atoms with Crippen LogP contribution in [0.4, 0.5) is 4.39 Å². The summed E-state index contributed by atoms with van der Waals surface area (Å²) in [6.45, 7) is 2.81. The van der Waals surface area contributed by atoms with E-state index >= 15 is 0 Å². The second-order valence-corrected chi connectivity index (χ2v) is 6.50. The van der Waals surface area contributed by atoms with Gasteiger partial charge in [-0.05, 0) is 46.3 Å². The lowest BCUT2D eigenvalue weighted by Gasteiger charge is -2.33. The van der Waals surface area contributed by atoms with Gasteiger partial charge in [0, 0.05) is 11.0 Å². The van der Waals surface area contributed by atoms with E-state index in [-0.39, 0.29) is 16.9 Å². The third-order valence-electron chi connectivity index (χ3n) is 3.93. The van der Waals surface area contributed by atoms with Gasteiger partial charge < -0.3 is 5.32 Å². The van der Waals surface area contributed by atoms with Gasteiger partial charge in [-0.25, -0.2) is 4.39 Å². The molecule has 0 aliphatic heterocycles. The number of halogens is 2. The van der Waals surface area contributed by atoms with Crippen molar-refractivity contribution in [2.75, 3.05) is 6.54 Å². The van der Waals surface area contributed by atoms with Crippen LogP contribution in [0.15, 0.2) is 22.7 Å². The predicted molar refractivity (Wildman–Crippen MR) is 77.6 cm³/mol. The monoisotopic (exact) mass is 327 g/mol. The Morgan fingerprint density at radius 2 is 2.05 bits per heavy atom. The molecule has 0 bridgehead atoms. The Morgan fingerprint density at radius 3 is 2.68 bits per heavy atom. The number of nitrogens with one attached hydrogen (secondary N) is 1. The van der Waals surface area contributed by atoms with Crippen LogP contribution in [0.25, 0.3) is 0 Å². The normalized spacial score (nSPS) is 18.1. The van der Waals surface area contributed by atoms with E-state index in [0.717, 1.165) is 12.8 Å². The Morgan fingerprint density at radius 1 is 1.37 bits per heavy atom. The van der Waals surface area contributed by atoms with Crippen LogP contribution in [0.3, 0.4) is 0 Å². The van der Waals surface area contributed by atoms with Gasteiger partial charge in [0.2, 0.25) is 0 Å². The van der Waals surface area contributed by atoms with Crippen LogP contribution >= 0.6 is 15.9 Å². The first-order valence-electron chi connectivity index (χ1n) is 6.74. The van der Waals surface area contributed by atoms with Crippen LogP contribution < -0.4 is 5.32 Å². The molecule has 0 unspecified atom stereocenters. The highest BCUT2D eigenvalue weighted by atomic mass is 79.9. The fourth-order valence-electron chi connectivity index (χ4n) is 2.68. The number of carbonyl (C=O) groups excluding carboxylic acids is 1. The summed E-state index contributed by atoms with van der Waals surface area (Å²) in [7, 11) is 0. The van der Waals surface area contributed by atoms with Crippen molar-refractivity contribution in [2.24, 2.45) is 5.41 Å². The first-order chi connectivity index (χ1) is 9.02. The zero-order valence-corrected chi connectivity index (χ0v) is 12.7. The van der Waals surface area contributed by atoms with Crippen LogP contribution in [0, 0.1) is 11.2 Å². The second kappa shape index (κ2) is 6.04. The summed E-state index contributed by atoms with van der Waals surface area (Å²) in [5, 5.41) is 2.88. The molecule has 19 heavy (non-hydrogen) atoms. The average Bonchev–Trinajstić information content (AvgIpc) is 2.37. The molecule has 2 rings (SSSR count). The molecule has 0 radical (unpaired) electrons. The molecule has 0 spiro atoms. The minimum atomic E-state index is -0.485. The summed E-state index contributed by atoms with van der Waals surface area (Å²) in [6, 6.07) is 4.57. The van der Waals surface area contributed by atoms with Gasteiger partial charge in [0.15, 0.2) is 0 Å². The highest BCUT2D eigenvalue weighted by molar-refractivity contribution is 9.10. The first kappa shape index (κ1) is 14.5. The maximum absolute atomic E-state index is 13.7. The molecule has 1 aliphatic carbocycles. The molecule has 0 heterocycles. The van der Waals surface area contributed by atoms with Crippen molar-refractivity contribution in [3.05, 3.63) is 34.1 Å². The predicted octanol–water partition coefficient (Wildman–Crippen LogP) is 4.29. The van der Waals surface area contributed by atoms with Crippen molar-refractivity contribution in [1.82, 2.24) is 5.32 Å². The summed E-state index contributed by atoms with van der Waals surface area (Å²) in [5.41, 5.74) is 0.257. The van der Waals surface area contributed by atoms with Crippen molar-refractivity contribution in [1.29, 1.82) is 0 Å². The molecule has 1 amide bonds. The van der Waals surface area contributed by atoms with E-state index in [4.69, 9.17) is 0 Å². The summed E-state index contributed by atoms with van der Waals surface area (Å²) >= 11 is 3.23. The topological polar surface area (TPSA) is 29.1 Å². The quantitative estimate of drug-likeness (QED) is 0.881. The third kappa shape index (κ3) is 3.56. The highest BCUT2D eigenvalue weighted by Gasteiger charge is 2.27. The van der Waals surface area contributed by atoms with Gasteiger partial charge in [-0.1, -0.05) is 32.3 Å². The first-order valence-corrected chi connectivity index (χ1v) is 7.53. The molecule has 1 N–H and O–H groups in total. The van der Waals surface area contributed by atoms with Gasteiger partial charge in [0.05, 0.1) is 5.56 Å². The van der Waals surface area contributed by atoms with Crippen LogP contribution in [0.1, 0.15) is 49.4 Å². The van der Waals surface area contributed by atoms with Crippen LogP contribution in [0.2, 0.25) is 0 Å². The Bertz CT molecular complexity index is 449. The zero-order valence-electron chi connectivity index (χ0n) is 11.1. The van der Waals surface area contributed by atoms with Gasteiger partial charge >= 0.3 is 0 Å². The van der Waals surface area contributed by atoms with E-state index < -0.39 is 5.82 Å². The Balaban J connectivity index is 2.01. The SMILES string of the molecule is CC1(CNC(=O)c2c(F)cccc2Br)CCCCC1. The number of carbonyl (C=O) groups is 1. The van der Waals surface area contributed by atoms with Crippen molar-refractivity contribution in [2.45, 2.75) is 39.0 Å². The zero-order chi connectivity index (χ0) is 13.9. The standard InChI is InChI=1S/C15H19BrFNO/c1-15(8-3-2-4-9-15)10-18-14(19)13-11(16)6-5-7-12(13)17/h5-7H,2-4,8-10H2,1H3,(H,18,19). The second-order valence-electron chi connectivity index (χ2n) is 5.65. The lowest BCUT2D eigenvalue weighted by atomic mass is 9.76. The number of amides is 1. The number of rotatable bonds is 3. The van der Waals surface area contributed by atoms with Crippen molar-refractivity contribution in [3.63, 3.8) is 0 Å². The molecule has 0 saturated heterocycles. The van der Waals surface area contributed by atoms with Gasteiger partial charge in [-0.3, -0.25) is 4.79 Å². The fourth-order valence-corrected chi connectivity index (χ4v) is 3.20. The molecule has 0 atom stereocenters. The summed E-state index contributed by atoms with van der Waals surface area (Å²) in [6.07, 6.45) is 5.98. The van der Waals surface area contributed by atoms with E-state index in [0.29, 0.717) is 11.0 Å². The van der Waals surface area contributed by atoms with Crippen molar-refractivity contribution < 1.29 is 9.18 Å². The maximum Gasteiger partial charge on any atom is 0.255 e. The van der Waals surface area contributed by atoms with Gasteiger partial charge in [0.1, 0.15) is 5.82 Å². The van der Waals surface area contributed by atoms with E-state index in [1.807, 2.05) is 0 Å². The maximum atomic E-state index is 13.7. The van der Waals surface area contributed by atoms with E-state index in [2.05, 4.69) is 28.2 Å². The molecular weight excluding hydrogens is 309 g/mol. The smallest absolute Gasteiger partial charge is 0.255 e. The molecule has 4 heteroatoms. The van der Waals surface area contributed by atoms with E-state index in [1.54, 1.807) is 12.1 Å². The van der Waals surface area contributed by atoms with Crippen LogP contribution in [0.5, 0.6) is 0 Å². The lowest BCUT2D eigenvalue weighted by Crippen LogP contribution is -2.37. The molecule has 1 saturated carbocycles. The average molecular weight is 328 g/mol. The number of benzene rings is 1. The molecule has 2 nitrogen and oxygen atoms in total. The minimum absolute atomic E-state index is 0.0990. The lowest BCUT2D eigenvalue weighted by molar-refractivity contribution is 0.0914. The molecular formula is C15H19BrFNO. The molecule has 1 fully saturated rings. The Hall–Kier alpha value is -0.900. The van der Waals surface area contributed by atoms with E-state index in [9.17, 15) is 9.18 Å². The Kier molecular flexibility index (Phi) is 4.61. The van der Waals surface area contributed by atoms with Gasteiger partial charge in [0.25, 0.3) is 5.91 Å². The summed E-state index contributed by atoms with van der Waals surface area (Å²) < 4.78 is 14.2.